The molecule has 25 heavy (non-hydrogen) atoms. The Bertz CT molecular complexity index is 741. The molecule has 3 aromatic rings. The number of aliphatic hydroxyl groups is 2. The van der Waals surface area contributed by atoms with Gasteiger partial charge in [0.05, 0.1) is 5.60 Å². The molecule has 0 fully saturated rings. The zero-order chi connectivity index (χ0) is 17.8. The van der Waals surface area contributed by atoms with E-state index in [2.05, 4.69) is 0 Å². The summed E-state index contributed by atoms with van der Waals surface area (Å²) < 4.78 is 0. The third kappa shape index (κ3) is 3.81. The lowest BCUT2D eigenvalue weighted by molar-refractivity contribution is 0.00293. The lowest BCUT2D eigenvalue weighted by Crippen LogP contribution is -2.31. The molecule has 3 aromatic carbocycles. The Labute approximate surface area is 149 Å². The standard InChI is InChI=1S/C23H24O2/c1-22(24,19-11-5-2-6-12-19)17-18-23(25,20-13-7-3-8-14-20)21-15-9-4-10-16-21/h2-16,24-25H,17-18H2,1H3. The monoisotopic (exact) mass is 332 g/mol. The average Bonchev–Trinajstić information content (AvgIpc) is 2.68. The van der Waals surface area contributed by atoms with Crippen molar-refractivity contribution < 1.29 is 10.2 Å². The molecule has 1 atom stereocenters. The Kier molecular flexibility index (Phi) is 5.03. The predicted octanol–water partition coefficient (Wildman–Crippen LogP) is 4.61. The number of hydrogen-bond acceptors (Lipinski definition) is 2. The summed E-state index contributed by atoms with van der Waals surface area (Å²) >= 11 is 0. The van der Waals surface area contributed by atoms with Crippen LogP contribution in [0, 0.1) is 0 Å². The zero-order valence-electron chi connectivity index (χ0n) is 14.5. The highest BCUT2D eigenvalue weighted by atomic mass is 16.3. The fraction of sp³-hybridized carbons (Fsp3) is 0.217. The summed E-state index contributed by atoms with van der Waals surface area (Å²) in [6, 6.07) is 29.0. The summed E-state index contributed by atoms with van der Waals surface area (Å²) in [7, 11) is 0. The molecular formula is C23H24O2. The minimum absolute atomic E-state index is 0.420. The van der Waals surface area contributed by atoms with E-state index in [1.165, 1.54) is 0 Å². The summed E-state index contributed by atoms with van der Waals surface area (Å²) in [5.41, 5.74) is 0.397. The maximum absolute atomic E-state index is 11.6. The first-order valence-corrected chi connectivity index (χ1v) is 8.64. The van der Waals surface area contributed by atoms with Gasteiger partial charge in [0.25, 0.3) is 0 Å². The maximum Gasteiger partial charge on any atom is 0.115 e. The van der Waals surface area contributed by atoms with Crippen molar-refractivity contribution >= 4 is 0 Å². The molecule has 0 bridgehead atoms. The fourth-order valence-electron chi connectivity index (χ4n) is 3.25. The molecular weight excluding hydrogens is 308 g/mol. The van der Waals surface area contributed by atoms with Crippen LogP contribution in [0.5, 0.6) is 0 Å². The number of rotatable bonds is 6. The van der Waals surface area contributed by atoms with Gasteiger partial charge in [0.15, 0.2) is 0 Å². The summed E-state index contributed by atoms with van der Waals surface area (Å²) in [6.07, 6.45) is 0.861. The molecule has 0 spiro atoms. The minimum Gasteiger partial charge on any atom is -0.385 e. The second-order valence-corrected chi connectivity index (χ2v) is 6.73. The van der Waals surface area contributed by atoms with Gasteiger partial charge < -0.3 is 10.2 Å². The highest BCUT2D eigenvalue weighted by Gasteiger charge is 2.34. The van der Waals surface area contributed by atoms with Crippen molar-refractivity contribution in [1.29, 1.82) is 0 Å². The van der Waals surface area contributed by atoms with Crippen LogP contribution in [-0.2, 0) is 11.2 Å². The van der Waals surface area contributed by atoms with E-state index < -0.39 is 11.2 Å². The van der Waals surface area contributed by atoms with Crippen LogP contribution in [0.15, 0.2) is 91.0 Å². The van der Waals surface area contributed by atoms with E-state index >= 15 is 0 Å². The number of benzene rings is 3. The second kappa shape index (κ2) is 7.22. The van der Waals surface area contributed by atoms with E-state index in [4.69, 9.17) is 0 Å². The van der Waals surface area contributed by atoms with E-state index in [0.29, 0.717) is 12.8 Å². The van der Waals surface area contributed by atoms with Gasteiger partial charge >= 0.3 is 0 Å². The van der Waals surface area contributed by atoms with Gasteiger partial charge in [0.2, 0.25) is 0 Å². The first-order valence-electron chi connectivity index (χ1n) is 8.64. The first kappa shape index (κ1) is 17.4. The molecule has 0 aliphatic rings. The molecule has 0 saturated carbocycles. The molecule has 2 nitrogen and oxygen atoms in total. The van der Waals surface area contributed by atoms with Gasteiger partial charge in [-0.3, -0.25) is 0 Å². The van der Waals surface area contributed by atoms with Crippen LogP contribution in [0.2, 0.25) is 0 Å². The minimum atomic E-state index is -1.14. The van der Waals surface area contributed by atoms with E-state index in [0.717, 1.165) is 16.7 Å². The summed E-state index contributed by atoms with van der Waals surface area (Å²) in [5.74, 6) is 0. The third-order valence-electron chi connectivity index (χ3n) is 4.87. The fourth-order valence-corrected chi connectivity index (χ4v) is 3.25. The van der Waals surface area contributed by atoms with Crippen molar-refractivity contribution in [2.24, 2.45) is 0 Å². The molecule has 0 heterocycles. The van der Waals surface area contributed by atoms with E-state index in [1.807, 2.05) is 91.0 Å². The van der Waals surface area contributed by atoms with E-state index in [1.54, 1.807) is 6.92 Å². The van der Waals surface area contributed by atoms with E-state index in [-0.39, 0.29) is 0 Å². The van der Waals surface area contributed by atoms with Crippen LogP contribution < -0.4 is 0 Å². The molecule has 0 aliphatic heterocycles. The summed E-state index contributed by atoms with van der Waals surface area (Å²) in [4.78, 5) is 0. The zero-order valence-corrected chi connectivity index (χ0v) is 14.5. The molecule has 0 amide bonds. The van der Waals surface area contributed by atoms with Crippen molar-refractivity contribution in [3.63, 3.8) is 0 Å². The van der Waals surface area contributed by atoms with Crippen molar-refractivity contribution in [3.05, 3.63) is 108 Å². The van der Waals surface area contributed by atoms with Gasteiger partial charge in [0.1, 0.15) is 5.60 Å². The number of hydrogen-bond donors (Lipinski definition) is 2. The Morgan fingerprint density at radius 1 is 0.560 bits per heavy atom. The molecule has 2 heteroatoms. The SMILES string of the molecule is CC(O)(CCC(O)(c1ccccc1)c1ccccc1)c1ccccc1. The Balaban J connectivity index is 1.92. The van der Waals surface area contributed by atoms with E-state index in [9.17, 15) is 10.2 Å². The summed E-state index contributed by atoms with van der Waals surface area (Å²) in [5, 5.41) is 22.5. The molecule has 1 unspecified atom stereocenters. The normalized spacial score (nSPS) is 14.0. The largest absolute Gasteiger partial charge is 0.385 e. The van der Waals surface area contributed by atoms with Crippen LogP contribution in [0.3, 0.4) is 0 Å². The van der Waals surface area contributed by atoms with Crippen molar-refractivity contribution in [2.45, 2.75) is 31.0 Å². The smallest absolute Gasteiger partial charge is 0.115 e. The van der Waals surface area contributed by atoms with Gasteiger partial charge in [-0.05, 0) is 36.5 Å². The van der Waals surface area contributed by atoms with Gasteiger partial charge in [-0.25, -0.2) is 0 Å². The molecule has 0 aliphatic carbocycles. The van der Waals surface area contributed by atoms with Crippen molar-refractivity contribution in [1.82, 2.24) is 0 Å². The first-order chi connectivity index (χ1) is 12.0. The molecule has 3 rings (SSSR count). The average molecular weight is 332 g/mol. The van der Waals surface area contributed by atoms with Crippen LogP contribution in [0.1, 0.15) is 36.5 Å². The van der Waals surface area contributed by atoms with Gasteiger partial charge in [-0.15, -0.1) is 0 Å². The Morgan fingerprint density at radius 2 is 0.920 bits per heavy atom. The summed E-state index contributed by atoms with van der Waals surface area (Å²) in [6.45, 7) is 1.80. The maximum atomic E-state index is 11.6. The van der Waals surface area contributed by atoms with Crippen LogP contribution in [-0.4, -0.2) is 10.2 Å². The molecule has 0 saturated heterocycles. The van der Waals surface area contributed by atoms with Gasteiger partial charge in [-0.2, -0.15) is 0 Å². The van der Waals surface area contributed by atoms with Gasteiger partial charge in [0, 0.05) is 0 Å². The van der Waals surface area contributed by atoms with Gasteiger partial charge in [-0.1, -0.05) is 91.0 Å². The van der Waals surface area contributed by atoms with Crippen molar-refractivity contribution in [2.75, 3.05) is 0 Å². The Hall–Kier alpha value is -2.42. The molecule has 0 aromatic heterocycles. The highest BCUT2D eigenvalue weighted by Crippen LogP contribution is 2.38. The molecule has 128 valence electrons. The van der Waals surface area contributed by atoms with Crippen LogP contribution in [0.4, 0.5) is 0 Å². The highest BCUT2D eigenvalue weighted by molar-refractivity contribution is 5.36. The quantitative estimate of drug-likeness (QED) is 0.692. The van der Waals surface area contributed by atoms with Crippen LogP contribution in [0.25, 0.3) is 0 Å². The predicted molar refractivity (Wildman–Crippen MR) is 101 cm³/mol. The molecule has 2 N–H and O–H groups in total. The molecule has 0 radical (unpaired) electrons. The van der Waals surface area contributed by atoms with Crippen molar-refractivity contribution in [3.8, 4) is 0 Å². The lowest BCUT2D eigenvalue weighted by atomic mass is 9.79. The topological polar surface area (TPSA) is 40.5 Å². The lowest BCUT2D eigenvalue weighted by Gasteiger charge is -2.33. The third-order valence-corrected chi connectivity index (χ3v) is 4.87. The Morgan fingerprint density at radius 3 is 1.32 bits per heavy atom. The second-order valence-electron chi connectivity index (χ2n) is 6.73. The van der Waals surface area contributed by atoms with Crippen LogP contribution >= 0.6 is 0 Å².